The van der Waals surface area contributed by atoms with Gasteiger partial charge in [0.05, 0.1) is 5.54 Å². The van der Waals surface area contributed by atoms with Gasteiger partial charge < -0.3 is 27.0 Å². The van der Waals surface area contributed by atoms with Crippen molar-refractivity contribution >= 4 is 11.8 Å². The predicted molar refractivity (Wildman–Crippen MR) is 175 cm³/mol. The van der Waals surface area contributed by atoms with Crippen LogP contribution in [0.1, 0.15) is 55.2 Å². The lowest BCUT2D eigenvalue weighted by atomic mass is 9.77. The molecular formula is C35H50N6O2. The normalized spacial score (nSPS) is 11.4. The fourth-order valence-corrected chi connectivity index (χ4v) is 5.30. The van der Waals surface area contributed by atoms with Crippen LogP contribution in [0.25, 0.3) is 0 Å². The number of amides is 2. The van der Waals surface area contributed by atoms with Crippen LogP contribution in [0, 0.1) is 0 Å². The zero-order valence-electron chi connectivity index (χ0n) is 25.5. The molecule has 43 heavy (non-hydrogen) atoms. The van der Waals surface area contributed by atoms with E-state index in [2.05, 4.69) is 112 Å². The molecular weight excluding hydrogens is 536 g/mol. The molecule has 0 unspecified atom stereocenters. The molecule has 0 aliphatic carbocycles. The Labute approximate surface area is 257 Å². The van der Waals surface area contributed by atoms with Crippen molar-refractivity contribution in [2.24, 2.45) is 11.5 Å². The Morgan fingerprint density at radius 2 is 0.977 bits per heavy atom. The number of unbranched alkanes of at least 4 members (excludes halogenated alkanes) is 1. The summed E-state index contributed by atoms with van der Waals surface area (Å²) >= 11 is 0. The molecule has 3 aromatic rings. The number of nitrogens with one attached hydrogen (secondary N) is 3. The second-order valence-corrected chi connectivity index (χ2v) is 10.8. The first-order valence-electron chi connectivity index (χ1n) is 15.7. The van der Waals surface area contributed by atoms with Crippen LogP contribution in [-0.4, -0.2) is 69.1 Å². The van der Waals surface area contributed by atoms with Gasteiger partial charge in [-0.1, -0.05) is 91.0 Å². The van der Waals surface area contributed by atoms with Crippen molar-refractivity contribution in [1.82, 2.24) is 20.9 Å². The summed E-state index contributed by atoms with van der Waals surface area (Å²) in [5, 5.41) is 9.81. The van der Waals surface area contributed by atoms with Crippen LogP contribution in [0.3, 0.4) is 0 Å². The molecule has 3 rings (SSSR count). The van der Waals surface area contributed by atoms with Crippen molar-refractivity contribution in [1.29, 1.82) is 0 Å². The van der Waals surface area contributed by atoms with Gasteiger partial charge in [-0.2, -0.15) is 0 Å². The molecule has 0 heterocycles. The van der Waals surface area contributed by atoms with Crippen LogP contribution >= 0.6 is 0 Å². The van der Waals surface area contributed by atoms with Gasteiger partial charge in [-0.25, -0.2) is 0 Å². The molecule has 8 nitrogen and oxygen atoms in total. The smallest absolute Gasteiger partial charge is 0.221 e. The highest BCUT2D eigenvalue weighted by atomic mass is 16.2. The number of rotatable bonds is 21. The summed E-state index contributed by atoms with van der Waals surface area (Å²) in [6, 6.07) is 31.8. The molecule has 0 aromatic heterocycles. The number of hydrogen-bond donors (Lipinski definition) is 5. The predicted octanol–water partition coefficient (Wildman–Crippen LogP) is 3.36. The van der Waals surface area contributed by atoms with E-state index < -0.39 is 5.54 Å². The molecule has 3 aromatic carbocycles. The highest BCUT2D eigenvalue weighted by Crippen LogP contribution is 2.36. The van der Waals surface area contributed by atoms with Crippen LogP contribution in [0.2, 0.25) is 0 Å². The third-order valence-electron chi connectivity index (χ3n) is 7.63. The van der Waals surface area contributed by atoms with Gasteiger partial charge in [0.1, 0.15) is 0 Å². The molecule has 0 aliphatic rings. The van der Waals surface area contributed by atoms with Crippen molar-refractivity contribution in [2.75, 3.05) is 52.4 Å². The van der Waals surface area contributed by atoms with Gasteiger partial charge in [0, 0.05) is 39.0 Å². The first kappa shape index (κ1) is 33.9. The lowest BCUT2D eigenvalue weighted by Crippen LogP contribution is -2.45. The molecule has 0 fully saturated rings. The molecule has 232 valence electrons. The van der Waals surface area contributed by atoms with Gasteiger partial charge in [0.2, 0.25) is 11.8 Å². The molecule has 0 saturated carbocycles. The lowest BCUT2D eigenvalue weighted by molar-refractivity contribution is -0.121. The summed E-state index contributed by atoms with van der Waals surface area (Å²) in [5.74, 6) is 0.0387. The minimum Gasteiger partial charge on any atom is -0.356 e. The van der Waals surface area contributed by atoms with E-state index in [-0.39, 0.29) is 11.8 Å². The monoisotopic (exact) mass is 586 g/mol. The van der Waals surface area contributed by atoms with Gasteiger partial charge in [0.15, 0.2) is 0 Å². The second kappa shape index (κ2) is 19.6. The Morgan fingerprint density at radius 3 is 1.37 bits per heavy atom. The summed E-state index contributed by atoms with van der Waals surface area (Å²) in [5.41, 5.74) is 14.2. The number of carbonyl (C=O) groups is 2. The third kappa shape index (κ3) is 11.2. The van der Waals surface area contributed by atoms with Crippen molar-refractivity contribution in [2.45, 2.75) is 44.1 Å². The largest absolute Gasteiger partial charge is 0.356 e. The van der Waals surface area contributed by atoms with E-state index in [1.807, 2.05) is 0 Å². The number of hydrogen-bond acceptors (Lipinski definition) is 6. The quantitative estimate of drug-likeness (QED) is 0.0963. The van der Waals surface area contributed by atoms with E-state index in [0.717, 1.165) is 38.8 Å². The highest BCUT2D eigenvalue weighted by molar-refractivity contribution is 5.76. The molecule has 0 atom stereocenters. The molecule has 2 amide bonds. The van der Waals surface area contributed by atoms with Crippen molar-refractivity contribution in [3.05, 3.63) is 108 Å². The first-order chi connectivity index (χ1) is 21.1. The molecule has 7 N–H and O–H groups in total. The Bertz CT molecular complexity index is 1050. The maximum Gasteiger partial charge on any atom is 0.221 e. The average Bonchev–Trinajstić information content (AvgIpc) is 3.05. The molecule has 0 radical (unpaired) electrons. The minimum absolute atomic E-state index is 0.0193. The Hall–Kier alpha value is -3.56. The van der Waals surface area contributed by atoms with Crippen LogP contribution in [0.15, 0.2) is 91.0 Å². The van der Waals surface area contributed by atoms with Crippen LogP contribution < -0.4 is 27.4 Å². The molecule has 0 bridgehead atoms. The summed E-state index contributed by atoms with van der Waals surface area (Å²) in [4.78, 5) is 26.9. The van der Waals surface area contributed by atoms with E-state index in [1.165, 1.54) is 16.7 Å². The average molecular weight is 587 g/mol. The van der Waals surface area contributed by atoms with Crippen molar-refractivity contribution < 1.29 is 9.59 Å². The second-order valence-electron chi connectivity index (χ2n) is 10.8. The van der Waals surface area contributed by atoms with E-state index in [1.54, 1.807) is 0 Å². The van der Waals surface area contributed by atoms with Crippen LogP contribution in [-0.2, 0) is 15.1 Å². The van der Waals surface area contributed by atoms with Gasteiger partial charge in [-0.3, -0.25) is 14.9 Å². The van der Waals surface area contributed by atoms with Crippen LogP contribution in [0.5, 0.6) is 0 Å². The van der Waals surface area contributed by atoms with Crippen molar-refractivity contribution in [3.63, 3.8) is 0 Å². The van der Waals surface area contributed by atoms with Gasteiger partial charge in [-0.15, -0.1) is 0 Å². The summed E-state index contributed by atoms with van der Waals surface area (Å²) in [7, 11) is 0. The molecule has 0 spiro atoms. The first-order valence-corrected chi connectivity index (χ1v) is 15.7. The topological polar surface area (TPSA) is 126 Å². The molecule has 0 aliphatic heterocycles. The summed E-state index contributed by atoms with van der Waals surface area (Å²) in [6.45, 7) is 5.13. The minimum atomic E-state index is -0.493. The molecule has 8 heteroatoms. The maximum atomic E-state index is 12.3. The molecule has 0 saturated heterocycles. The number of carbonyl (C=O) groups excluding carboxylic acids is 2. The van der Waals surface area contributed by atoms with E-state index in [4.69, 9.17) is 11.5 Å². The van der Waals surface area contributed by atoms with Gasteiger partial charge in [0.25, 0.3) is 0 Å². The van der Waals surface area contributed by atoms with E-state index in [0.29, 0.717) is 52.1 Å². The third-order valence-corrected chi connectivity index (χ3v) is 7.63. The van der Waals surface area contributed by atoms with E-state index >= 15 is 0 Å². The lowest BCUT2D eigenvalue weighted by Gasteiger charge is -2.37. The SMILES string of the molecule is NCCCNC(=O)CCN(CCCCNC(c1ccccc1)(c1ccccc1)c1ccccc1)CCC(=O)NCCCN. The number of nitrogens with two attached hydrogens (primary N) is 2. The van der Waals surface area contributed by atoms with Crippen molar-refractivity contribution in [3.8, 4) is 0 Å². The summed E-state index contributed by atoms with van der Waals surface area (Å²) in [6.07, 6.45) is 4.21. The van der Waals surface area contributed by atoms with E-state index in [9.17, 15) is 9.59 Å². The Kier molecular flexibility index (Phi) is 15.5. The zero-order chi connectivity index (χ0) is 30.6. The fraction of sp³-hybridized carbons (Fsp3) is 0.429. The highest BCUT2D eigenvalue weighted by Gasteiger charge is 2.35. The zero-order valence-corrected chi connectivity index (χ0v) is 25.5. The van der Waals surface area contributed by atoms with Gasteiger partial charge >= 0.3 is 0 Å². The maximum absolute atomic E-state index is 12.3. The number of benzene rings is 3. The Morgan fingerprint density at radius 1 is 0.558 bits per heavy atom. The fourth-order valence-electron chi connectivity index (χ4n) is 5.30. The summed E-state index contributed by atoms with van der Waals surface area (Å²) < 4.78 is 0. The standard InChI is InChI=1S/C35H50N6O2/c36-22-12-24-38-33(42)20-28-41(29-21-34(43)39-25-13-23-37)27-11-10-26-40-35(30-14-4-1-5-15-30,31-16-6-2-7-17-31)32-18-8-3-9-19-32/h1-9,14-19,40H,10-13,20-29,36-37H2,(H,38,42)(H,39,43). The number of nitrogens with zero attached hydrogens (tertiary/aromatic N) is 1. The Balaban J connectivity index is 1.65. The van der Waals surface area contributed by atoms with Gasteiger partial charge in [-0.05, 0) is 68.6 Å². The van der Waals surface area contributed by atoms with Crippen LogP contribution in [0.4, 0.5) is 0 Å².